The monoisotopic (exact) mass is 539 g/mol. The van der Waals surface area contributed by atoms with E-state index in [2.05, 4.69) is 64.4 Å². The van der Waals surface area contributed by atoms with Gasteiger partial charge < -0.3 is 9.26 Å². The van der Waals surface area contributed by atoms with Gasteiger partial charge in [-0.15, -0.1) is 0 Å². The van der Waals surface area contributed by atoms with Gasteiger partial charge in [-0.1, -0.05) is 73.0 Å². The summed E-state index contributed by atoms with van der Waals surface area (Å²) in [7, 11) is 1.31. The van der Waals surface area contributed by atoms with Gasteiger partial charge in [0, 0.05) is 16.9 Å². The van der Waals surface area contributed by atoms with Crippen LogP contribution < -0.4 is 0 Å². The van der Waals surface area contributed by atoms with Crippen molar-refractivity contribution in [2.24, 2.45) is 45.3 Å². The van der Waals surface area contributed by atoms with Crippen LogP contribution in [-0.4, -0.2) is 24.5 Å². The first kappa shape index (κ1) is 30.1. The van der Waals surface area contributed by atoms with Gasteiger partial charge in [0.2, 0.25) is 0 Å². The van der Waals surface area contributed by atoms with E-state index in [0.29, 0.717) is 40.8 Å². The molecule has 5 aliphatic carbocycles. The smallest absolute Gasteiger partial charge is 0.292 e. The molecule has 0 aromatic carbocycles. The highest BCUT2D eigenvalue weighted by atomic mass is 16.5. The lowest BCUT2D eigenvalue weighted by Gasteiger charge is -2.65. The van der Waals surface area contributed by atoms with Crippen LogP contribution in [0, 0.1) is 45.3 Å². The average molecular weight is 540 g/mol. The second-order valence-corrected chi connectivity index (χ2v) is 15.1. The number of allylic oxidation sites excluding steroid dienone is 2. The fraction of sp³-hybridized carbons (Fsp3) is 0.794. The van der Waals surface area contributed by atoms with Crippen LogP contribution in [0.2, 0.25) is 0 Å². The quantitative estimate of drug-likeness (QED) is 0.337. The van der Waals surface area contributed by atoms with Crippen molar-refractivity contribution in [1.29, 1.82) is 0 Å². The van der Waals surface area contributed by atoms with Crippen molar-refractivity contribution in [2.75, 3.05) is 7.11 Å². The highest BCUT2D eigenvalue weighted by Crippen LogP contribution is 2.70. The third-order valence-electron chi connectivity index (χ3n) is 12.1. The minimum Gasteiger partial charge on any atom is -0.471 e. The Morgan fingerprint density at radius 1 is 0.949 bits per heavy atom. The van der Waals surface area contributed by atoms with Gasteiger partial charge in [0.15, 0.2) is 5.78 Å². The minimum absolute atomic E-state index is 0.00225. The molecule has 7 atom stereocenters. The number of aromatic nitrogens is 1. The van der Waals surface area contributed by atoms with Crippen molar-refractivity contribution in [3.63, 3.8) is 0 Å². The van der Waals surface area contributed by atoms with Crippen LogP contribution in [0.1, 0.15) is 119 Å². The minimum atomic E-state index is -0.0561. The van der Waals surface area contributed by atoms with Crippen molar-refractivity contribution >= 4 is 12.3 Å². The van der Waals surface area contributed by atoms with E-state index in [1.54, 1.807) is 0 Å². The fourth-order valence-electron chi connectivity index (χ4n) is 10.2. The molecule has 0 aliphatic heterocycles. The van der Waals surface area contributed by atoms with E-state index in [1.165, 1.54) is 63.2 Å². The van der Waals surface area contributed by atoms with Crippen LogP contribution >= 0.6 is 0 Å². The average Bonchev–Trinajstić information content (AvgIpc) is 3.36. The lowest BCUT2D eigenvalue weighted by molar-refractivity contribution is -0.145. The summed E-state index contributed by atoms with van der Waals surface area (Å²) in [5.41, 5.74) is 3.51. The Labute approximate surface area is 236 Å². The predicted octanol–water partition coefficient (Wildman–Crippen LogP) is 8.11. The normalized spacial score (nSPS) is 40.8. The van der Waals surface area contributed by atoms with Gasteiger partial charge in [-0.25, -0.2) is 0 Å². The number of hydrogen-bond donors (Lipinski definition) is 0. The zero-order chi connectivity index (χ0) is 29.0. The van der Waals surface area contributed by atoms with E-state index < -0.39 is 0 Å². The lowest BCUT2D eigenvalue weighted by atomic mass is 9.38. The molecule has 1 aromatic rings. The summed E-state index contributed by atoms with van der Waals surface area (Å²) in [4.78, 5) is 23.1. The molecule has 5 nitrogen and oxygen atoms in total. The van der Waals surface area contributed by atoms with Gasteiger partial charge in [0.05, 0.1) is 13.3 Å². The summed E-state index contributed by atoms with van der Waals surface area (Å²) in [6, 6.07) is 0. The molecule has 218 valence electrons. The molecule has 5 aliphatic rings. The summed E-state index contributed by atoms with van der Waals surface area (Å²) < 4.78 is 9.65. The molecular formula is C34H53NO4. The van der Waals surface area contributed by atoms with Crippen molar-refractivity contribution in [2.45, 2.75) is 119 Å². The van der Waals surface area contributed by atoms with E-state index in [9.17, 15) is 4.79 Å². The van der Waals surface area contributed by atoms with Crippen LogP contribution in [0.3, 0.4) is 0 Å². The van der Waals surface area contributed by atoms with E-state index in [1.807, 2.05) is 20.0 Å². The molecule has 0 spiro atoms. The van der Waals surface area contributed by atoms with Crippen molar-refractivity contribution in [3.8, 4) is 0 Å². The molecule has 6 rings (SSSR count). The van der Waals surface area contributed by atoms with Crippen molar-refractivity contribution in [1.82, 2.24) is 5.16 Å². The number of hydrogen-bond acceptors (Lipinski definition) is 5. The van der Waals surface area contributed by atoms with Crippen molar-refractivity contribution in [3.05, 3.63) is 29.2 Å². The third-order valence-corrected chi connectivity index (χ3v) is 12.1. The molecule has 0 amide bonds. The van der Waals surface area contributed by atoms with Crippen LogP contribution in [0.15, 0.2) is 22.4 Å². The highest BCUT2D eigenvalue weighted by Gasteiger charge is 2.65. The molecule has 1 aromatic heterocycles. The van der Waals surface area contributed by atoms with E-state index >= 15 is 0 Å². The van der Waals surface area contributed by atoms with Crippen LogP contribution in [0.5, 0.6) is 0 Å². The fourth-order valence-corrected chi connectivity index (χ4v) is 10.2. The number of methoxy groups -OCH3 is 1. The molecule has 1 heterocycles. The molecule has 0 radical (unpaired) electrons. The Morgan fingerprint density at radius 3 is 2.26 bits per heavy atom. The molecule has 39 heavy (non-hydrogen) atoms. The van der Waals surface area contributed by atoms with Crippen LogP contribution in [0.25, 0.3) is 0 Å². The molecule has 0 saturated heterocycles. The largest absolute Gasteiger partial charge is 0.471 e. The molecule has 7 unspecified atom stereocenters. The summed E-state index contributed by atoms with van der Waals surface area (Å²) >= 11 is 0. The predicted molar refractivity (Wildman–Crippen MR) is 155 cm³/mol. The second kappa shape index (κ2) is 10.2. The molecule has 3 saturated carbocycles. The number of nitrogens with zero attached hydrogens (tertiary/aromatic N) is 1. The summed E-state index contributed by atoms with van der Waals surface area (Å²) in [5, 5.41) is 4.20. The Balaban J connectivity index is 0.000000541. The first-order valence-electron chi connectivity index (χ1n) is 15.4. The SMILES string of the molecule is CC.CC1(C)CCC2(C)CCC3C(C(=O)C=C4C3(C)CCC3C4(C)Cc4cnoc4C3(C)C)C2C1.COC=O. The first-order valence-corrected chi connectivity index (χ1v) is 15.4. The number of rotatable bonds is 1. The topological polar surface area (TPSA) is 69.4 Å². The van der Waals surface area contributed by atoms with E-state index in [4.69, 9.17) is 9.32 Å². The van der Waals surface area contributed by atoms with E-state index in [0.717, 1.165) is 12.2 Å². The maximum absolute atomic E-state index is 14.1. The maximum Gasteiger partial charge on any atom is 0.292 e. The Kier molecular flexibility index (Phi) is 7.84. The van der Waals surface area contributed by atoms with Gasteiger partial charge in [-0.05, 0) is 96.9 Å². The number of carbonyl (C=O) groups is 2. The van der Waals surface area contributed by atoms with Gasteiger partial charge in [0.25, 0.3) is 6.47 Å². The Bertz CT molecular complexity index is 1110. The number of carbonyl (C=O) groups excluding carboxylic acids is 2. The third kappa shape index (κ3) is 4.54. The highest BCUT2D eigenvalue weighted by molar-refractivity contribution is 5.95. The lowest BCUT2D eigenvalue weighted by Crippen LogP contribution is -2.60. The van der Waals surface area contributed by atoms with Gasteiger partial charge in [-0.2, -0.15) is 0 Å². The zero-order valence-corrected chi connectivity index (χ0v) is 26.3. The first-order chi connectivity index (χ1) is 18.2. The maximum atomic E-state index is 14.1. The van der Waals surface area contributed by atoms with Crippen LogP contribution in [-0.2, 0) is 26.2 Å². The molecule has 3 fully saturated rings. The number of ketones is 1. The van der Waals surface area contributed by atoms with Gasteiger partial charge >= 0.3 is 0 Å². The second-order valence-electron chi connectivity index (χ2n) is 15.1. The molecule has 5 heteroatoms. The summed E-state index contributed by atoms with van der Waals surface area (Å²) in [6.45, 7) is 21.4. The Hall–Kier alpha value is -1.91. The van der Waals surface area contributed by atoms with Gasteiger partial charge in [-0.3, -0.25) is 9.59 Å². The van der Waals surface area contributed by atoms with Gasteiger partial charge in [0.1, 0.15) is 5.76 Å². The summed E-state index contributed by atoms with van der Waals surface area (Å²) in [6.07, 6.45) is 13.8. The molecule has 0 bridgehead atoms. The zero-order valence-electron chi connectivity index (χ0n) is 26.3. The van der Waals surface area contributed by atoms with Crippen LogP contribution in [0.4, 0.5) is 0 Å². The standard InChI is InChI=1S/C30H43NO2.C2H4O2.C2H6/c1-26(2)12-13-28(5)10-8-19-24(20(28)16-26)21(32)14-23-29(19,6)11-9-22-27(3,4)25-18(17-31-33-25)15-30(22,23)7;1-4-2-3;1-2/h14,17,19-20,22,24H,8-13,15-16H2,1-7H3;2H,1H3;1-2H3. The summed E-state index contributed by atoms with van der Waals surface area (Å²) in [5.74, 6) is 3.28. The van der Waals surface area contributed by atoms with Crippen molar-refractivity contribution < 1.29 is 18.8 Å². The molecular weight excluding hydrogens is 486 g/mol. The Morgan fingerprint density at radius 2 is 1.62 bits per heavy atom. The number of ether oxygens (including phenoxy) is 1. The van der Waals surface area contributed by atoms with E-state index in [-0.39, 0.29) is 22.2 Å². The molecule has 0 N–H and O–H groups in total. The number of fused-ring (bicyclic) bond motifs is 8.